The van der Waals surface area contributed by atoms with Gasteiger partial charge in [-0.3, -0.25) is 9.69 Å². The number of anilines is 1. The zero-order valence-corrected chi connectivity index (χ0v) is 18.7. The first-order valence-corrected chi connectivity index (χ1v) is 11.5. The van der Waals surface area contributed by atoms with Gasteiger partial charge in [0, 0.05) is 26.2 Å². The highest BCUT2D eigenvalue weighted by Gasteiger charge is 2.26. The molecule has 0 aliphatic carbocycles. The first-order chi connectivity index (χ1) is 15.1. The van der Waals surface area contributed by atoms with Crippen LogP contribution in [0.5, 0.6) is 0 Å². The van der Waals surface area contributed by atoms with E-state index in [2.05, 4.69) is 40.0 Å². The van der Waals surface area contributed by atoms with E-state index in [0.29, 0.717) is 11.4 Å². The Labute approximate surface area is 189 Å². The molecule has 1 aliphatic rings. The fourth-order valence-corrected chi connectivity index (χ4v) is 5.27. The SMILES string of the molecule is C[C@H](c1nc2ccccc2s1)N1CCN(c2cnn(-c3ccccc3)c(=O)c2Cl)CC1. The third-order valence-corrected chi connectivity index (χ3v) is 7.33. The normalized spacial score (nSPS) is 16.0. The number of benzene rings is 2. The van der Waals surface area contributed by atoms with Crippen LogP contribution in [0.1, 0.15) is 18.0 Å². The van der Waals surface area contributed by atoms with Crippen molar-refractivity contribution in [3.63, 3.8) is 0 Å². The minimum atomic E-state index is -0.296. The molecule has 6 nitrogen and oxygen atoms in total. The average molecular weight is 452 g/mol. The van der Waals surface area contributed by atoms with Gasteiger partial charge in [0.2, 0.25) is 0 Å². The molecule has 1 atom stereocenters. The maximum absolute atomic E-state index is 12.8. The molecule has 1 aliphatic heterocycles. The van der Waals surface area contributed by atoms with Gasteiger partial charge in [-0.15, -0.1) is 11.3 Å². The van der Waals surface area contributed by atoms with E-state index in [1.807, 2.05) is 36.4 Å². The van der Waals surface area contributed by atoms with Crippen molar-refractivity contribution < 1.29 is 0 Å². The molecule has 0 saturated carbocycles. The van der Waals surface area contributed by atoms with Gasteiger partial charge in [0.15, 0.2) is 0 Å². The number of fused-ring (bicyclic) bond motifs is 1. The summed E-state index contributed by atoms with van der Waals surface area (Å²) >= 11 is 8.24. The second kappa shape index (κ2) is 8.42. The third kappa shape index (κ3) is 3.84. The number of hydrogen-bond donors (Lipinski definition) is 0. The number of hydrogen-bond acceptors (Lipinski definition) is 6. The molecule has 8 heteroatoms. The quantitative estimate of drug-likeness (QED) is 0.461. The Morgan fingerprint density at radius 3 is 2.45 bits per heavy atom. The van der Waals surface area contributed by atoms with Crippen LogP contribution in [0, 0.1) is 0 Å². The zero-order chi connectivity index (χ0) is 21.4. The molecular weight excluding hydrogens is 430 g/mol. The summed E-state index contributed by atoms with van der Waals surface area (Å²) in [5.41, 5.74) is 2.17. The standard InChI is InChI=1S/C23H22ClN5OS/c1-16(22-26-18-9-5-6-10-20(18)31-22)27-11-13-28(14-12-27)19-15-25-29(23(30)21(19)24)17-7-3-2-4-8-17/h2-10,15-16H,11-14H2,1H3/t16-/m1/s1. The van der Waals surface area contributed by atoms with Crippen LogP contribution < -0.4 is 10.5 Å². The topological polar surface area (TPSA) is 54.3 Å². The van der Waals surface area contributed by atoms with Gasteiger partial charge in [0.25, 0.3) is 5.56 Å². The summed E-state index contributed by atoms with van der Waals surface area (Å²) in [5, 5.41) is 5.72. The molecule has 4 aromatic rings. The van der Waals surface area contributed by atoms with E-state index in [-0.39, 0.29) is 16.6 Å². The highest BCUT2D eigenvalue weighted by atomic mass is 35.5. The third-order valence-electron chi connectivity index (χ3n) is 5.77. The van der Waals surface area contributed by atoms with Crippen LogP contribution in [0.2, 0.25) is 5.02 Å². The number of rotatable bonds is 4. The fraction of sp³-hybridized carbons (Fsp3) is 0.261. The second-order valence-corrected chi connectivity index (χ2v) is 9.06. The van der Waals surface area contributed by atoms with E-state index in [9.17, 15) is 4.79 Å². The van der Waals surface area contributed by atoms with E-state index in [4.69, 9.17) is 16.6 Å². The Morgan fingerprint density at radius 2 is 1.71 bits per heavy atom. The van der Waals surface area contributed by atoms with E-state index >= 15 is 0 Å². The zero-order valence-electron chi connectivity index (χ0n) is 17.1. The molecule has 0 amide bonds. The van der Waals surface area contributed by atoms with Gasteiger partial charge in [0.1, 0.15) is 10.0 Å². The van der Waals surface area contributed by atoms with Crippen molar-refractivity contribution >= 4 is 38.8 Å². The lowest BCUT2D eigenvalue weighted by Crippen LogP contribution is -2.47. The highest BCUT2D eigenvalue weighted by molar-refractivity contribution is 7.18. The molecule has 0 unspecified atom stereocenters. The average Bonchev–Trinajstić information content (AvgIpc) is 3.25. The van der Waals surface area contributed by atoms with Crippen molar-refractivity contribution in [3.05, 3.63) is 81.2 Å². The van der Waals surface area contributed by atoms with Crippen molar-refractivity contribution in [2.24, 2.45) is 0 Å². The maximum atomic E-state index is 12.8. The summed E-state index contributed by atoms with van der Waals surface area (Å²) < 4.78 is 2.57. The monoisotopic (exact) mass is 451 g/mol. The largest absolute Gasteiger partial charge is 0.366 e. The van der Waals surface area contributed by atoms with Gasteiger partial charge in [-0.1, -0.05) is 41.9 Å². The summed E-state index contributed by atoms with van der Waals surface area (Å²) in [4.78, 5) is 22.2. The van der Waals surface area contributed by atoms with Crippen molar-refractivity contribution in [1.82, 2.24) is 19.7 Å². The number of thiazole rings is 1. The Kier molecular flexibility index (Phi) is 5.48. The summed E-state index contributed by atoms with van der Waals surface area (Å²) in [5.74, 6) is 0. The van der Waals surface area contributed by atoms with E-state index in [0.717, 1.165) is 36.7 Å². The summed E-state index contributed by atoms with van der Waals surface area (Å²) in [7, 11) is 0. The number of para-hydroxylation sites is 2. The Hall–Kier alpha value is -2.74. The number of halogens is 1. The lowest BCUT2D eigenvalue weighted by atomic mass is 10.2. The second-order valence-electron chi connectivity index (χ2n) is 7.62. The molecule has 5 rings (SSSR count). The van der Waals surface area contributed by atoms with Crippen molar-refractivity contribution in [2.75, 3.05) is 31.1 Å². The smallest absolute Gasteiger partial charge is 0.292 e. The molecule has 2 aromatic carbocycles. The summed E-state index contributed by atoms with van der Waals surface area (Å²) in [6.07, 6.45) is 1.70. The predicted octanol–water partition coefficient (Wildman–Crippen LogP) is 4.38. The van der Waals surface area contributed by atoms with Crippen molar-refractivity contribution in [3.8, 4) is 5.69 Å². The van der Waals surface area contributed by atoms with Gasteiger partial charge in [-0.05, 0) is 31.2 Å². The van der Waals surface area contributed by atoms with Crippen LogP contribution in [0.4, 0.5) is 5.69 Å². The molecular formula is C23H22ClN5OS. The Morgan fingerprint density at radius 1 is 1.00 bits per heavy atom. The van der Waals surface area contributed by atoms with E-state index in [1.54, 1.807) is 17.5 Å². The molecule has 1 fully saturated rings. The van der Waals surface area contributed by atoms with Crippen LogP contribution in [0.3, 0.4) is 0 Å². The van der Waals surface area contributed by atoms with Gasteiger partial charge in [-0.2, -0.15) is 9.78 Å². The molecule has 3 heterocycles. The van der Waals surface area contributed by atoms with Crippen LogP contribution in [0.25, 0.3) is 15.9 Å². The number of nitrogens with zero attached hydrogens (tertiary/aromatic N) is 5. The molecule has 0 spiro atoms. The summed E-state index contributed by atoms with van der Waals surface area (Å²) in [6.45, 7) is 5.52. The minimum Gasteiger partial charge on any atom is -0.366 e. The van der Waals surface area contributed by atoms with Gasteiger partial charge >= 0.3 is 0 Å². The van der Waals surface area contributed by atoms with Gasteiger partial charge in [0.05, 0.1) is 33.8 Å². The Balaban J connectivity index is 1.31. The Bertz CT molecular complexity index is 1230. The molecule has 1 saturated heterocycles. The van der Waals surface area contributed by atoms with E-state index < -0.39 is 0 Å². The van der Waals surface area contributed by atoms with Gasteiger partial charge in [-0.25, -0.2) is 4.98 Å². The van der Waals surface area contributed by atoms with Crippen LogP contribution in [-0.2, 0) is 0 Å². The number of piperazine rings is 1. The van der Waals surface area contributed by atoms with Gasteiger partial charge < -0.3 is 4.90 Å². The maximum Gasteiger partial charge on any atom is 0.292 e. The number of aromatic nitrogens is 3. The molecule has 0 bridgehead atoms. The lowest BCUT2D eigenvalue weighted by molar-refractivity contribution is 0.198. The fourth-order valence-electron chi connectivity index (χ4n) is 3.97. The molecule has 0 radical (unpaired) electrons. The van der Waals surface area contributed by atoms with Crippen LogP contribution in [0.15, 0.2) is 65.6 Å². The van der Waals surface area contributed by atoms with Crippen molar-refractivity contribution in [2.45, 2.75) is 13.0 Å². The van der Waals surface area contributed by atoms with E-state index in [1.165, 1.54) is 9.38 Å². The minimum absolute atomic E-state index is 0.214. The summed E-state index contributed by atoms with van der Waals surface area (Å²) in [6, 6.07) is 17.8. The first-order valence-electron chi connectivity index (χ1n) is 10.3. The molecule has 31 heavy (non-hydrogen) atoms. The predicted molar refractivity (Wildman–Crippen MR) is 127 cm³/mol. The molecule has 2 aromatic heterocycles. The highest BCUT2D eigenvalue weighted by Crippen LogP contribution is 2.31. The molecule has 158 valence electrons. The molecule has 0 N–H and O–H groups in total. The van der Waals surface area contributed by atoms with Crippen LogP contribution >= 0.6 is 22.9 Å². The van der Waals surface area contributed by atoms with Crippen molar-refractivity contribution in [1.29, 1.82) is 0 Å². The lowest BCUT2D eigenvalue weighted by Gasteiger charge is -2.38. The first kappa shape index (κ1) is 20.2. The van der Waals surface area contributed by atoms with Crippen LogP contribution in [-0.4, -0.2) is 45.8 Å².